The molecule has 0 aromatic heterocycles. The summed E-state index contributed by atoms with van der Waals surface area (Å²) in [6, 6.07) is 0.565. The summed E-state index contributed by atoms with van der Waals surface area (Å²) >= 11 is 0. The second-order valence-corrected chi connectivity index (χ2v) is 4.16. The summed E-state index contributed by atoms with van der Waals surface area (Å²) in [5.74, 6) is -0.0735. The van der Waals surface area contributed by atoms with Crippen LogP contribution in [0.3, 0.4) is 0 Å². The first-order chi connectivity index (χ1) is 7.72. The molecule has 2 unspecified atom stereocenters. The van der Waals surface area contributed by atoms with Crippen molar-refractivity contribution in [3.63, 3.8) is 0 Å². The molecule has 16 heavy (non-hydrogen) atoms. The summed E-state index contributed by atoms with van der Waals surface area (Å²) in [6.07, 6.45) is 2.31. The van der Waals surface area contributed by atoms with Crippen molar-refractivity contribution in [1.29, 1.82) is 0 Å². The zero-order chi connectivity index (χ0) is 11.8. The van der Waals surface area contributed by atoms with E-state index in [-0.39, 0.29) is 18.6 Å². The van der Waals surface area contributed by atoms with Gasteiger partial charge in [-0.3, -0.25) is 4.79 Å². The van der Waals surface area contributed by atoms with E-state index in [0.717, 1.165) is 19.4 Å². The molecule has 5 heteroatoms. The number of carbonyl (C=O) groups excluding carboxylic acids is 1. The van der Waals surface area contributed by atoms with Gasteiger partial charge in [0.05, 0.1) is 12.7 Å². The van der Waals surface area contributed by atoms with E-state index in [4.69, 9.17) is 9.47 Å². The summed E-state index contributed by atoms with van der Waals surface area (Å²) in [6.45, 7) is 4.22. The normalized spacial score (nSPS) is 25.4. The first kappa shape index (κ1) is 13.4. The quantitative estimate of drug-likeness (QED) is 0.626. The van der Waals surface area contributed by atoms with E-state index >= 15 is 0 Å². The summed E-state index contributed by atoms with van der Waals surface area (Å²) in [5.41, 5.74) is 0. The topological polar surface area (TPSA) is 59.6 Å². The lowest BCUT2D eigenvalue weighted by Crippen LogP contribution is -2.42. The van der Waals surface area contributed by atoms with Gasteiger partial charge in [-0.15, -0.1) is 0 Å². The second-order valence-electron chi connectivity index (χ2n) is 4.16. The Kier molecular flexibility index (Phi) is 6.37. The fourth-order valence-corrected chi connectivity index (χ4v) is 1.65. The van der Waals surface area contributed by atoms with E-state index in [2.05, 4.69) is 17.6 Å². The molecule has 1 saturated heterocycles. The third kappa shape index (κ3) is 5.44. The third-order valence-electron chi connectivity index (χ3n) is 2.69. The molecule has 1 aliphatic heterocycles. The Morgan fingerprint density at radius 3 is 2.94 bits per heavy atom. The third-order valence-corrected chi connectivity index (χ3v) is 2.69. The smallest absolute Gasteiger partial charge is 0.246 e. The van der Waals surface area contributed by atoms with Gasteiger partial charge in [-0.2, -0.15) is 0 Å². The monoisotopic (exact) mass is 230 g/mol. The van der Waals surface area contributed by atoms with Gasteiger partial charge in [-0.05, 0) is 19.8 Å². The minimum atomic E-state index is -0.0735. The minimum Gasteiger partial charge on any atom is -0.383 e. The van der Waals surface area contributed by atoms with Gasteiger partial charge in [0.2, 0.25) is 5.91 Å². The summed E-state index contributed by atoms with van der Waals surface area (Å²) in [5, 5.41) is 6.05. The Morgan fingerprint density at radius 2 is 2.31 bits per heavy atom. The van der Waals surface area contributed by atoms with Crippen LogP contribution >= 0.6 is 0 Å². The molecular formula is C11H22N2O3. The minimum absolute atomic E-state index is 0.0735. The Hall–Kier alpha value is -0.650. The molecule has 1 amide bonds. The maximum Gasteiger partial charge on any atom is 0.246 e. The molecule has 94 valence electrons. The van der Waals surface area contributed by atoms with Crippen molar-refractivity contribution in [3.8, 4) is 0 Å². The number of piperidine rings is 1. The lowest BCUT2D eigenvalue weighted by molar-refractivity contribution is -0.128. The predicted octanol–water partition coefficient (Wildman–Crippen LogP) is -0.0939. The fourth-order valence-electron chi connectivity index (χ4n) is 1.65. The van der Waals surface area contributed by atoms with Crippen LogP contribution in [0, 0.1) is 0 Å². The maximum absolute atomic E-state index is 11.3. The van der Waals surface area contributed by atoms with Crippen molar-refractivity contribution < 1.29 is 14.3 Å². The molecular weight excluding hydrogens is 208 g/mol. The van der Waals surface area contributed by atoms with Crippen LogP contribution < -0.4 is 10.6 Å². The molecule has 1 heterocycles. The van der Waals surface area contributed by atoms with Gasteiger partial charge in [0.1, 0.15) is 6.61 Å². The van der Waals surface area contributed by atoms with Gasteiger partial charge in [0.15, 0.2) is 0 Å². The zero-order valence-corrected chi connectivity index (χ0v) is 10.1. The van der Waals surface area contributed by atoms with Gasteiger partial charge >= 0.3 is 0 Å². The van der Waals surface area contributed by atoms with Crippen LogP contribution in [0.1, 0.15) is 19.8 Å². The lowest BCUT2D eigenvalue weighted by Gasteiger charge is -2.27. The van der Waals surface area contributed by atoms with E-state index in [1.54, 1.807) is 7.11 Å². The van der Waals surface area contributed by atoms with Gasteiger partial charge in [0, 0.05) is 26.2 Å². The van der Waals surface area contributed by atoms with Crippen LogP contribution in [0.25, 0.3) is 0 Å². The van der Waals surface area contributed by atoms with Crippen molar-refractivity contribution >= 4 is 5.91 Å². The highest BCUT2D eigenvalue weighted by Gasteiger charge is 2.18. The molecule has 2 N–H and O–H groups in total. The highest BCUT2D eigenvalue weighted by Crippen LogP contribution is 2.10. The van der Waals surface area contributed by atoms with Crippen molar-refractivity contribution in [1.82, 2.24) is 10.6 Å². The number of hydrogen-bond donors (Lipinski definition) is 2. The van der Waals surface area contributed by atoms with E-state index in [1.165, 1.54) is 0 Å². The second kappa shape index (κ2) is 7.60. The first-order valence-electron chi connectivity index (χ1n) is 5.83. The Balaban J connectivity index is 2.03. The largest absolute Gasteiger partial charge is 0.383 e. The number of hydrogen-bond acceptors (Lipinski definition) is 4. The molecule has 1 fully saturated rings. The molecule has 1 aliphatic rings. The van der Waals surface area contributed by atoms with Gasteiger partial charge < -0.3 is 20.1 Å². The molecule has 5 nitrogen and oxygen atoms in total. The van der Waals surface area contributed by atoms with E-state index in [9.17, 15) is 4.79 Å². The molecule has 0 aromatic rings. The van der Waals surface area contributed by atoms with Crippen LogP contribution in [0.4, 0.5) is 0 Å². The lowest BCUT2D eigenvalue weighted by atomic mass is 10.0. The van der Waals surface area contributed by atoms with E-state index in [0.29, 0.717) is 19.2 Å². The number of carbonyl (C=O) groups is 1. The fraction of sp³-hybridized carbons (Fsp3) is 0.909. The van der Waals surface area contributed by atoms with Crippen LogP contribution in [-0.4, -0.2) is 51.5 Å². The van der Waals surface area contributed by atoms with Crippen molar-refractivity contribution in [3.05, 3.63) is 0 Å². The number of ether oxygens (including phenoxy) is 2. The van der Waals surface area contributed by atoms with Crippen LogP contribution in [0.2, 0.25) is 0 Å². The molecule has 0 aromatic carbocycles. The van der Waals surface area contributed by atoms with Crippen LogP contribution in [-0.2, 0) is 14.3 Å². The molecule has 0 spiro atoms. The SMILES string of the molecule is COCCNC(=O)COC1CCC(C)NC1. The standard InChI is InChI=1S/C11H22N2O3/c1-9-3-4-10(7-13-9)16-8-11(14)12-5-6-15-2/h9-10,13H,3-8H2,1-2H3,(H,12,14). The number of rotatable bonds is 6. The summed E-state index contributed by atoms with van der Waals surface area (Å²) in [7, 11) is 1.61. The zero-order valence-electron chi connectivity index (χ0n) is 10.1. The van der Waals surface area contributed by atoms with Crippen LogP contribution in [0.15, 0.2) is 0 Å². The average molecular weight is 230 g/mol. The molecule has 0 radical (unpaired) electrons. The van der Waals surface area contributed by atoms with Gasteiger partial charge in [-0.25, -0.2) is 0 Å². The highest BCUT2D eigenvalue weighted by molar-refractivity contribution is 5.77. The molecule has 0 aliphatic carbocycles. The molecule has 0 saturated carbocycles. The van der Waals surface area contributed by atoms with Crippen molar-refractivity contribution in [2.45, 2.75) is 31.9 Å². The Bertz CT molecular complexity index is 203. The molecule has 1 rings (SSSR count). The summed E-state index contributed by atoms with van der Waals surface area (Å²) < 4.78 is 10.3. The molecule has 0 bridgehead atoms. The van der Waals surface area contributed by atoms with Gasteiger partial charge in [0.25, 0.3) is 0 Å². The van der Waals surface area contributed by atoms with Crippen molar-refractivity contribution in [2.75, 3.05) is 33.4 Å². The highest BCUT2D eigenvalue weighted by atomic mass is 16.5. The van der Waals surface area contributed by atoms with Crippen LogP contribution in [0.5, 0.6) is 0 Å². The van der Waals surface area contributed by atoms with E-state index in [1.807, 2.05) is 0 Å². The maximum atomic E-state index is 11.3. The summed E-state index contributed by atoms with van der Waals surface area (Å²) in [4.78, 5) is 11.3. The number of methoxy groups -OCH3 is 1. The van der Waals surface area contributed by atoms with Crippen molar-refractivity contribution in [2.24, 2.45) is 0 Å². The first-order valence-corrected chi connectivity index (χ1v) is 5.83. The Labute approximate surface area is 96.9 Å². The molecule has 2 atom stereocenters. The Morgan fingerprint density at radius 1 is 1.50 bits per heavy atom. The van der Waals surface area contributed by atoms with Gasteiger partial charge in [-0.1, -0.05) is 0 Å². The number of nitrogens with one attached hydrogen (secondary N) is 2. The van der Waals surface area contributed by atoms with E-state index < -0.39 is 0 Å². The average Bonchev–Trinajstić information content (AvgIpc) is 2.29. The predicted molar refractivity (Wildman–Crippen MR) is 61.3 cm³/mol. The number of amides is 1.